The standard InChI is InChI=1S/C16H16BrNO5/c1-21-11-5-10-4-9(13(17)7-14(10)18-8-11)6-12(15(19)22-2)16(20)23-3/h4-5,7-8,12H,6H2,1-3H3. The number of hydrogen-bond donors (Lipinski definition) is 0. The van der Waals surface area contributed by atoms with Gasteiger partial charge in [0.1, 0.15) is 5.75 Å². The zero-order chi connectivity index (χ0) is 17.0. The Balaban J connectivity index is 2.42. The normalized spacial score (nSPS) is 10.7. The first-order chi connectivity index (χ1) is 11.0. The summed E-state index contributed by atoms with van der Waals surface area (Å²) in [6, 6.07) is 5.52. The summed E-state index contributed by atoms with van der Waals surface area (Å²) in [5.74, 6) is -1.65. The zero-order valence-electron chi connectivity index (χ0n) is 13.0. The third-order valence-corrected chi connectivity index (χ3v) is 4.19. The topological polar surface area (TPSA) is 74.7 Å². The Kier molecular flexibility index (Phi) is 5.54. The average molecular weight is 382 g/mol. The van der Waals surface area contributed by atoms with Crippen molar-refractivity contribution in [1.82, 2.24) is 4.98 Å². The van der Waals surface area contributed by atoms with Crippen LogP contribution in [0, 0.1) is 5.92 Å². The molecular weight excluding hydrogens is 366 g/mol. The number of methoxy groups -OCH3 is 3. The summed E-state index contributed by atoms with van der Waals surface area (Å²) in [7, 11) is 4.04. The third-order valence-electron chi connectivity index (χ3n) is 3.46. The van der Waals surface area contributed by atoms with E-state index in [9.17, 15) is 9.59 Å². The molecule has 1 aromatic carbocycles. The van der Waals surface area contributed by atoms with E-state index in [1.807, 2.05) is 18.2 Å². The minimum atomic E-state index is -1.02. The third kappa shape index (κ3) is 3.79. The minimum Gasteiger partial charge on any atom is -0.495 e. The number of carbonyl (C=O) groups excluding carboxylic acids is 2. The molecule has 0 spiro atoms. The van der Waals surface area contributed by atoms with Gasteiger partial charge >= 0.3 is 11.9 Å². The summed E-state index contributed by atoms with van der Waals surface area (Å²) in [4.78, 5) is 27.9. The molecular formula is C16H16BrNO5. The number of esters is 2. The van der Waals surface area contributed by atoms with Crippen LogP contribution in [0.15, 0.2) is 28.9 Å². The van der Waals surface area contributed by atoms with Crippen molar-refractivity contribution in [3.63, 3.8) is 0 Å². The van der Waals surface area contributed by atoms with E-state index in [0.717, 1.165) is 20.9 Å². The summed E-state index contributed by atoms with van der Waals surface area (Å²) < 4.78 is 15.3. The van der Waals surface area contributed by atoms with E-state index in [0.29, 0.717) is 5.75 Å². The van der Waals surface area contributed by atoms with Crippen LogP contribution in [0.3, 0.4) is 0 Å². The van der Waals surface area contributed by atoms with Crippen LogP contribution < -0.4 is 4.74 Å². The van der Waals surface area contributed by atoms with Crippen LogP contribution in [0.2, 0.25) is 0 Å². The number of carbonyl (C=O) groups is 2. The Bertz CT molecular complexity index is 731. The highest BCUT2D eigenvalue weighted by molar-refractivity contribution is 9.10. The monoisotopic (exact) mass is 381 g/mol. The second kappa shape index (κ2) is 7.41. The molecule has 2 rings (SSSR count). The minimum absolute atomic E-state index is 0.160. The van der Waals surface area contributed by atoms with Crippen molar-refractivity contribution in [1.29, 1.82) is 0 Å². The Morgan fingerprint density at radius 3 is 2.35 bits per heavy atom. The van der Waals surface area contributed by atoms with Gasteiger partial charge in [0.05, 0.1) is 33.0 Å². The number of hydrogen-bond acceptors (Lipinski definition) is 6. The molecule has 0 saturated heterocycles. The molecule has 0 N–H and O–H groups in total. The number of rotatable bonds is 5. The first-order valence-corrected chi connectivity index (χ1v) is 7.57. The Morgan fingerprint density at radius 2 is 1.78 bits per heavy atom. The Hall–Kier alpha value is -2.15. The lowest BCUT2D eigenvalue weighted by atomic mass is 9.98. The molecule has 0 bridgehead atoms. The van der Waals surface area contributed by atoms with Gasteiger partial charge in [0.2, 0.25) is 0 Å². The van der Waals surface area contributed by atoms with Crippen LogP contribution in [-0.4, -0.2) is 38.3 Å². The maximum Gasteiger partial charge on any atom is 0.320 e. The molecule has 0 radical (unpaired) electrons. The lowest BCUT2D eigenvalue weighted by molar-refractivity contribution is -0.158. The molecule has 7 heteroatoms. The highest BCUT2D eigenvalue weighted by Crippen LogP contribution is 2.28. The van der Waals surface area contributed by atoms with Crippen LogP contribution >= 0.6 is 15.9 Å². The lowest BCUT2D eigenvalue weighted by Gasteiger charge is -2.14. The Labute approximate surface area is 141 Å². The number of benzene rings is 1. The van der Waals surface area contributed by atoms with Crippen LogP contribution in [0.1, 0.15) is 5.56 Å². The van der Waals surface area contributed by atoms with Gasteiger partial charge < -0.3 is 14.2 Å². The number of pyridine rings is 1. The summed E-state index contributed by atoms with van der Waals surface area (Å²) in [5, 5.41) is 0.844. The summed E-state index contributed by atoms with van der Waals surface area (Å²) in [6.07, 6.45) is 1.78. The van der Waals surface area contributed by atoms with E-state index in [1.165, 1.54) is 14.2 Å². The van der Waals surface area contributed by atoms with Gasteiger partial charge in [-0.2, -0.15) is 0 Å². The molecule has 0 unspecified atom stereocenters. The van der Waals surface area contributed by atoms with E-state index in [-0.39, 0.29) is 6.42 Å². The van der Waals surface area contributed by atoms with Crippen molar-refractivity contribution in [2.45, 2.75) is 6.42 Å². The van der Waals surface area contributed by atoms with Crippen molar-refractivity contribution in [2.75, 3.05) is 21.3 Å². The largest absolute Gasteiger partial charge is 0.495 e. The second-order valence-corrected chi connectivity index (χ2v) is 5.67. The van der Waals surface area contributed by atoms with Crippen molar-refractivity contribution in [3.05, 3.63) is 34.4 Å². The molecule has 1 aromatic heterocycles. The van der Waals surface area contributed by atoms with Gasteiger partial charge in [-0.3, -0.25) is 14.6 Å². The van der Waals surface area contributed by atoms with Gasteiger partial charge in [0.15, 0.2) is 5.92 Å². The molecule has 1 heterocycles. The number of halogens is 1. The fraction of sp³-hybridized carbons (Fsp3) is 0.312. The summed E-state index contributed by atoms with van der Waals surface area (Å²) in [5.41, 5.74) is 1.54. The quantitative estimate of drug-likeness (QED) is 0.585. The van der Waals surface area contributed by atoms with E-state index >= 15 is 0 Å². The van der Waals surface area contributed by atoms with Crippen molar-refractivity contribution in [3.8, 4) is 5.75 Å². The van der Waals surface area contributed by atoms with Crippen molar-refractivity contribution < 1.29 is 23.8 Å². The van der Waals surface area contributed by atoms with Crippen LogP contribution in [0.5, 0.6) is 5.75 Å². The van der Waals surface area contributed by atoms with Gasteiger partial charge in [-0.15, -0.1) is 0 Å². The Morgan fingerprint density at radius 1 is 1.13 bits per heavy atom. The fourth-order valence-corrected chi connectivity index (χ4v) is 2.71. The van der Waals surface area contributed by atoms with Gasteiger partial charge in [-0.05, 0) is 30.2 Å². The first-order valence-electron chi connectivity index (χ1n) is 6.78. The van der Waals surface area contributed by atoms with Crippen LogP contribution in [0.25, 0.3) is 10.9 Å². The fourth-order valence-electron chi connectivity index (χ4n) is 2.21. The molecule has 6 nitrogen and oxygen atoms in total. The SMILES string of the molecule is COC(=O)C(Cc1cc2cc(OC)cnc2cc1Br)C(=O)OC. The smallest absolute Gasteiger partial charge is 0.320 e. The summed E-state index contributed by atoms with van der Waals surface area (Å²) in [6.45, 7) is 0. The van der Waals surface area contributed by atoms with E-state index in [1.54, 1.807) is 13.3 Å². The van der Waals surface area contributed by atoms with Crippen LogP contribution in [0.4, 0.5) is 0 Å². The number of fused-ring (bicyclic) bond motifs is 1. The molecule has 0 fully saturated rings. The predicted octanol–water partition coefficient (Wildman–Crippen LogP) is 2.51. The average Bonchev–Trinajstić information content (AvgIpc) is 2.58. The van der Waals surface area contributed by atoms with E-state index < -0.39 is 17.9 Å². The molecule has 0 saturated carbocycles. The number of aromatic nitrogens is 1. The molecule has 0 atom stereocenters. The lowest BCUT2D eigenvalue weighted by Crippen LogP contribution is -2.28. The maximum absolute atomic E-state index is 11.8. The molecule has 0 aliphatic carbocycles. The predicted molar refractivity (Wildman–Crippen MR) is 87.2 cm³/mol. The van der Waals surface area contributed by atoms with Gasteiger partial charge in [-0.25, -0.2) is 0 Å². The van der Waals surface area contributed by atoms with Gasteiger partial charge in [0, 0.05) is 9.86 Å². The maximum atomic E-state index is 11.8. The second-order valence-electron chi connectivity index (χ2n) is 4.81. The molecule has 0 amide bonds. The highest BCUT2D eigenvalue weighted by atomic mass is 79.9. The molecule has 0 aliphatic heterocycles. The zero-order valence-corrected chi connectivity index (χ0v) is 14.5. The van der Waals surface area contributed by atoms with Gasteiger partial charge in [-0.1, -0.05) is 15.9 Å². The first kappa shape index (κ1) is 17.2. The van der Waals surface area contributed by atoms with Crippen molar-refractivity contribution >= 4 is 38.8 Å². The molecule has 2 aromatic rings. The number of ether oxygens (including phenoxy) is 3. The van der Waals surface area contributed by atoms with Crippen molar-refractivity contribution in [2.24, 2.45) is 5.92 Å². The molecule has 122 valence electrons. The highest BCUT2D eigenvalue weighted by Gasteiger charge is 2.29. The molecule has 23 heavy (non-hydrogen) atoms. The number of nitrogens with zero attached hydrogens (tertiary/aromatic N) is 1. The van der Waals surface area contributed by atoms with Crippen LogP contribution in [-0.2, 0) is 25.5 Å². The van der Waals surface area contributed by atoms with E-state index in [4.69, 9.17) is 4.74 Å². The molecule has 0 aliphatic rings. The summed E-state index contributed by atoms with van der Waals surface area (Å²) >= 11 is 3.45. The van der Waals surface area contributed by atoms with E-state index in [2.05, 4.69) is 30.4 Å². The van der Waals surface area contributed by atoms with Gasteiger partial charge in [0.25, 0.3) is 0 Å².